The number of thioether (sulfide) groups is 1. The molecule has 2 aromatic carbocycles. The first-order valence-electron chi connectivity index (χ1n) is 7.74. The van der Waals surface area contributed by atoms with E-state index in [1.807, 2.05) is 6.07 Å². The Bertz CT molecular complexity index is 913. The number of carbonyl (C=O) groups is 2. The maximum Gasteiger partial charge on any atom is 0.291 e. The first-order valence-corrected chi connectivity index (χ1v) is 8.72. The fourth-order valence-corrected chi connectivity index (χ4v) is 2.92. The lowest BCUT2D eigenvalue weighted by Crippen LogP contribution is -2.15. The third-order valence-corrected chi connectivity index (χ3v) is 4.35. The van der Waals surface area contributed by atoms with Gasteiger partial charge < -0.3 is 15.1 Å². The molecule has 7 heteroatoms. The predicted octanol–water partition coefficient (Wildman–Crippen LogP) is 4.40. The number of nitrogens with one attached hydrogen (secondary N) is 2. The zero-order valence-electron chi connectivity index (χ0n) is 13.6. The topological polar surface area (TPSA) is 71.3 Å². The lowest BCUT2D eigenvalue weighted by atomic mass is 10.3. The molecule has 0 fully saturated rings. The van der Waals surface area contributed by atoms with E-state index in [0.717, 1.165) is 4.90 Å². The number of hydrogen-bond acceptors (Lipinski definition) is 4. The van der Waals surface area contributed by atoms with Crippen molar-refractivity contribution in [3.05, 3.63) is 78.5 Å². The molecule has 3 aromatic rings. The highest BCUT2D eigenvalue weighted by atomic mass is 32.2. The number of rotatable bonds is 6. The Morgan fingerprint density at radius 3 is 2.62 bits per heavy atom. The number of halogens is 1. The zero-order valence-corrected chi connectivity index (χ0v) is 14.4. The van der Waals surface area contributed by atoms with Gasteiger partial charge in [-0.25, -0.2) is 4.39 Å². The highest BCUT2D eigenvalue weighted by Crippen LogP contribution is 2.22. The van der Waals surface area contributed by atoms with Crippen molar-refractivity contribution in [3.63, 3.8) is 0 Å². The first-order chi connectivity index (χ1) is 12.6. The summed E-state index contributed by atoms with van der Waals surface area (Å²) < 4.78 is 18.6. The summed E-state index contributed by atoms with van der Waals surface area (Å²) in [6.07, 6.45) is 1.43. The van der Waals surface area contributed by atoms with Crippen LogP contribution in [-0.4, -0.2) is 17.6 Å². The standard InChI is InChI=1S/C19H15FN2O3S/c20-15-7-1-2-8-16(15)22-18(23)12-26-14-6-3-5-13(11-14)21-19(24)17-9-4-10-25-17/h1-11H,12H2,(H,21,24)(H,22,23). The fraction of sp³-hybridized carbons (Fsp3) is 0.0526. The van der Waals surface area contributed by atoms with E-state index in [-0.39, 0.29) is 29.0 Å². The van der Waals surface area contributed by atoms with Gasteiger partial charge in [0.1, 0.15) is 5.82 Å². The highest BCUT2D eigenvalue weighted by Gasteiger charge is 2.10. The summed E-state index contributed by atoms with van der Waals surface area (Å²) in [5, 5.41) is 5.25. The summed E-state index contributed by atoms with van der Waals surface area (Å²) in [6.45, 7) is 0. The van der Waals surface area contributed by atoms with Crippen LogP contribution in [0.5, 0.6) is 0 Å². The summed E-state index contributed by atoms with van der Waals surface area (Å²) in [7, 11) is 0. The number of hydrogen-bond donors (Lipinski definition) is 2. The number of para-hydroxylation sites is 1. The molecule has 0 bridgehead atoms. The molecule has 0 radical (unpaired) electrons. The van der Waals surface area contributed by atoms with Crippen LogP contribution in [-0.2, 0) is 4.79 Å². The number of benzene rings is 2. The van der Waals surface area contributed by atoms with Gasteiger partial charge in [-0.3, -0.25) is 9.59 Å². The van der Waals surface area contributed by atoms with E-state index in [1.165, 1.54) is 30.2 Å². The number of furan rings is 1. The van der Waals surface area contributed by atoms with Crippen molar-refractivity contribution in [3.8, 4) is 0 Å². The van der Waals surface area contributed by atoms with Crippen molar-refractivity contribution in [2.75, 3.05) is 16.4 Å². The van der Waals surface area contributed by atoms with Crippen LogP contribution in [0.4, 0.5) is 15.8 Å². The molecule has 5 nitrogen and oxygen atoms in total. The summed E-state index contributed by atoms with van der Waals surface area (Å²) in [6, 6.07) is 16.3. The lowest BCUT2D eigenvalue weighted by Gasteiger charge is -2.08. The molecule has 2 amide bonds. The summed E-state index contributed by atoms with van der Waals surface area (Å²) in [4.78, 5) is 24.7. The summed E-state index contributed by atoms with van der Waals surface area (Å²) in [5.74, 6) is -0.815. The Hall–Kier alpha value is -3.06. The van der Waals surface area contributed by atoms with E-state index in [4.69, 9.17) is 4.42 Å². The fourth-order valence-electron chi connectivity index (χ4n) is 2.16. The molecule has 3 rings (SSSR count). The predicted molar refractivity (Wildman–Crippen MR) is 98.9 cm³/mol. The van der Waals surface area contributed by atoms with Crippen molar-refractivity contribution in [1.29, 1.82) is 0 Å². The summed E-state index contributed by atoms with van der Waals surface area (Å²) in [5.41, 5.74) is 0.739. The quantitative estimate of drug-likeness (QED) is 0.631. The number of anilines is 2. The second-order valence-electron chi connectivity index (χ2n) is 5.28. The zero-order chi connectivity index (χ0) is 18.4. The smallest absolute Gasteiger partial charge is 0.291 e. The normalized spacial score (nSPS) is 10.3. The molecule has 0 atom stereocenters. The summed E-state index contributed by atoms with van der Waals surface area (Å²) >= 11 is 1.28. The average Bonchev–Trinajstić information content (AvgIpc) is 3.17. The number of amides is 2. The van der Waals surface area contributed by atoms with Crippen LogP contribution in [0.2, 0.25) is 0 Å². The van der Waals surface area contributed by atoms with E-state index in [9.17, 15) is 14.0 Å². The molecule has 0 spiro atoms. The van der Waals surface area contributed by atoms with Crippen LogP contribution in [0.3, 0.4) is 0 Å². The lowest BCUT2D eigenvalue weighted by molar-refractivity contribution is -0.113. The van der Waals surface area contributed by atoms with E-state index in [1.54, 1.807) is 42.5 Å². The maximum absolute atomic E-state index is 13.5. The Kier molecular flexibility index (Phi) is 5.70. The van der Waals surface area contributed by atoms with Gasteiger partial charge in [0, 0.05) is 10.6 Å². The van der Waals surface area contributed by atoms with Crippen LogP contribution >= 0.6 is 11.8 Å². The minimum Gasteiger partial charge on any atom is -0.459 e. The third-order valence-electron chi connectivity index (χ3n) is 3.35. The average molecular weight is 370 g/mol. The molecule has 2 N–H and O–H groups in total. The molecule has 0 unspecified atom stereocenters. The van der Waals surface area contributed by atoms with Crippen LogP contribution in [0, 0.1) is 5.82 Å². The Labute approximate surface area is 153 Å². The molecule has 0 aliphatic heterocycles. The molecule has 0 aliphatic carbocycles. The van der Waals surface area contributed by atoms with Crippen molar-refractivity contribution in [2.45, 2.75) is 4.90 Å². The van der Waals surface area contributed by atoms with Crippen LogP contribution in [0.1, 0.15) is 10.6 Å². The van der Waals surface area contributed by atoms with Crippen LogP contribution in [0.25, 0.3) is 0 Å². The van der Waals surface area contributed by atoms with Gasteiger partial charge in [0.15, 0.2) is 5.76 Å². The molecule has 0 saturated heterocycles. The largest absolute Gasteiger partial charge is 0.459 e. The molecule has 132 valence electrons. The van der Waals surface area contributed by atoms with Crippen LogP contribution < -0.4 is 10.6 Å². The first kappa shape index (κ1) is 17.8. The van der Waals surface area contributed by atoms with E-state index >= 15 is 0 Å². The second-order valence-corrected chi connectivity index (χ2v) is 6.32. The number of carbonyl (C=O) groups excluding carboxylic acids is 2. The molecule has 0 aliphatic rings. The van der Waals surface area contributed by atoms with Gasteiger partial charge in [-0.2, -0.15) is 0 Å². The van der Waals surface area contributed by atoms with Gasteiger partial charge in [0.05, 0.1) is 17.7 Å². The van der Waals surface area contributed by atoms with Gasteiger partial charge in [-0.15, -0.1) is 11.8 Å². The SMILES string of the molecule is O=C(CSc1cccc(NC(=O)c2ccco2)c1)Nc1ccccc1F. The molecule has 0 saturated carbocycles. The Balaban J connectivity index is 1.56. The molecule has 1 heterocycles. The maximum atomic E-state index is 13.5. The third kappa shape index (κ3) is 4.73. The van der Waals surface area contributed by atoms with E-state index in [0.29, 0.717) is 5.69 Å². The van der Waals surface area contributed by atoms with Gasteiger partial charge in [0.2, 0.25) is 5.91 Å². The van der Waals surface area contributed by atoms with Crippen molar-refractivity contribution in [2.24, 2.45) is 0 Å². The van der Waals surface area contributed by atoms with Crippen molar-refractivity contribution >= 4 is 35.0 Å². The Morgan fingerprint density at radius 1 is 1.00 bits per heavy atom. The van der Waals surface area contributed by atoms with Gasteiger partial charge in [-0.05, 0) is 42.5 Å². The van der Waals surface area contributed by atoms with Gasteiger partial charge >= 0.3 is 0 Å². The van der Waals surface area contributed by atoms with Crippen LogP contribution in [0.15, 0.2) is 76.2 Å². The molecule has 1 aromatic heterocycles. The Morgan fingerprint density at radius 2 is 1.85 bits per heavy atom. The van der Waals surface area contributed by atoms with Gasteiger partial charge in [-0.1, -0.05) is 18.2 Å². The van der Waals surface area contributed by atoms with Crippen molar-refractivity contribution in [1.82, 2.24) is 0 Å². The minimum atomic E-state index is -0.478. The molecular weight excluding hydrogens is 355 g/mol. The monoisotopic (exact) mass is 370 g/mol. The minimum absolute atomic E-state index is 0.115. The van der Waals surface area contributed by atoms with Gasteiger partial charge in [0.25, 0.3) is 5.91 Å². The van der Waals surface area contributed by atoms with Crippen molar-refractivity contribution < 1.29 is 18.4 Å². The second kappa shape index (κ2) is 8.35. The highest BCUT2D eigenvalue weighted by molar-refractivity contribution is 8.00. The van der Waals surface area contributed by atoms with E-state index < -0.39 is 5.82 Å². The van der Waals surface area contributed by atoms with E-state index in [2.05, 4.69) is 10.6 Å². The molecule has 26 heavy (non-hydrogen) atoms. The molecular formula is C19H15FN2O3S.